The number of thiophene rings is 1. The van der Waals surface area contributed by atoms with E-state index in [1.54, 1.807) is 18.4 Å². The molecule has 2 heterocycles. The molecule has 1 fully saturated rings. The molecule has 0 radical (unpaired) electrons. The molecular formula is C20H27N3O2S. The van der Waals surface area contributed by atoms with Crippen LogP contribution in [0.2, 0.25) is 0 Å². The molecule has 1 saturated heterocycles. The standard InChI is InChI=1S/C20H27N3O2S/c1-15-8-10-23(11-9-15)18(19-7-4-12-26-19)14-21-20(24)22-16-5-3-6-17(13-16)25-2/h3-7,12-13,15,18H,8-11,14H2,1-2H3,(H2,21,22,24). The van der Waals surface area contributed by atoms with Crippen molar-refractivity contribution >= 4 is 23.1 Å². The number of ether oxygens (including phenoxy) is 1. The van der Waals surface area contributed by atoms with Gasteiger partial charge in [0.15, 0.2) is 0 Å². The summed E-state index contributed by atoms with van der Waals surface area (Å²) in [5.41, 5.74) is 0.723. The number of carbonyl (C=O) groups is 1. The highest BCUT2D eigenvalue weighted by Crippen LogP contribution is 2.29. The van der Waals surface area contributed by atoms with Crippen LogP contribution in [0.15, 0.2) is 41.8 Å². The molecule has 1 atom stereocenters. The van der Waals surface area contributed by atoms with Crippen molar-refractivity contribution in [3.8, 4) is 5.75 Å². The summed E-state index contributed by atoms with van der Waals surface area (Å²) in [6.45, 7) is 5.09. The maximum Gasteiger partial charge on any atom is 0.319 e. The molecule has 0 aliphatic carbocycles. The summed E-state index contributed by atoms with van der Waals surface area (Å²) in [4.78, 5) is 16.1. The summed E-state index contributed by atoms with van der Waals surface area (Å²) < 4.78 is 5.19. The zero-order chi connectivity index (χ0) is 18.4. The summed E-state index contributed by atoms with van der Waals surface area (Å²) in [6.07, 6.45) is 2.44. The number of nitrogens with one attached hydrogen (secondary N) is 2. The van der Waals surface area contributed by atoms with Crippen LogP contribution in [-0.2, 0) is 0 Å². The van der Waals surface area contributed by atoms with Gasteiger partial charge in [-0.15, -0.1) is 11.3 Å². The number of piperidine rings is 1. The molecule has 1 aromatic carbocycles. The first-order chi connectivity index (χ1) is 12.7. The van der Waals surface area contributed by atoms with Crippen molar-refractivity contribution in [3.63, 3.8) is 0 Å². The van der Waals surface area contributed by atoms with E-state index in [2.05, 4.69) is 40.0 Å². The average molecular weight is 374 g/mol. The SMILES string of the molecule is COc1cccc(NC(=O)NCC(c2cccs2)N2CCC(C)CC2)c1. The Morgan fingerprint density at radius 3 is 2.81 bits per heavy atom. The summed E-state index contributed by atoms with van der Waals surface area (Å²) in [5, 5.41) is 8.02. The smallest absolute Gasteiger partial charge is 0.319 e. The van der Waals surface area contributed by atoms with E-state index in [0.717, 1.165) is 30.4 Å². The zero-order valence-corrected chi connectivity index (χ0v) is 16.2. The summed E-state index contributed by atoms with van der Waals surface area (Å²) in [7, 11) is 1.62. The van der Waals surface area contributed by atoms with Crippen molar-refractivity contribution in [2.45, 2.75) is 25.8 Å². The largest absolute Gasteiger partial charge is 0.497 e. The number of likely N-dealkylation sites (tertiary alicyclic amines) is 1. The molecule has 0 bridgehead atoms. The van der Waals surface area contributed by atoms with Crippen molar-refractivity contribution in [1.82, 2.24) is 10.2 Å². The maximum atomic E-state index is 12.3. The van der Waals surface area contributed by atoms with Crippen LogP contribution < -0.4 is 15.4 Å². The lowest BCUT2D eigenvalue weighted by molar-refractivity contribution is 0.138. The van der Waals surface area contributed by atoms with Crippen molar-refractivity contribution in [3.05, 3.63) is 46.7 Å². The van der Waals surface area contributed by atoms with Crippen molar-refractivity contribution in [1.29, 1.82) is 0 Å². The lowest BCUT2D eigenvalue weighted by atomic mass is 9.97. The van der Waals surface area contributed by atoms with Crippen LogP contribution in [0.1, 0.15) is 30.7 Å². The monoisotopic (exact) mass is 373 g/mol. The highest BCUT2D eigenvalue weighted by Gasteiger charge is 2.25. The third-order valence-corrected chi connectivity index (χ3v) is 5.89. The molecule has 0 spiro atoms. The molecule has 140 valence electrons. The molecule has 1 aliphatic rings. The van der Waals surface area contributed by atoms with Crippen LogP contribution in [-0.4, -0.2) is 37.7 Å². The van der Waals surface area contributed by atoms with Crippen LogP contribution in [0.25, 0.3) is 0 Å². The second kappa shape index (κ2) is 9.05. The van der Waals surface area contributed by atoms with E-state index in [-0.39, 0.29) is 12.1 Å². The molecule has 2 aromatic rings. The molecule has 3 rings (SSSR count). The highest BCUT2D eigenvalue weighted by atomic mass is 32.1. The van der Waals surface area contributed by atoms with E-state index in [1.807, 2.05) is 24.3 Å². The normalized spacial score (nSPS) is 16.8. The topological polar surface area (TPSA) is 53.6 Å². The lowest BCUT2D eigenvalue weighted by Crippen LogP contribution is -2.42. The molecule has 26 heavy (non-hydrogen) atoms. The van der Waals surface area contributed by atoms with Crippen molar-refractivity contribution in [2.24, 2.45) is 5.92 Å². The van der Waals surface area contributed by atoms with Gasteiger partial charge in [-0.25, -0.2) is 4.79 Å². The number of urea groups is 1. The van der Waals surface area contributed by atoms with Crippen LogP contribution in [0.5, 0.6) is 5.75 Å². The van der Waals surface area contributed by atoms with Crippen LogP contribution in [0, 0.1) is 5.92 Å². The average Bonchev–Trinajstić information content (AvgIpc) is 3.18. The third kappa shape index (κ3) is 4.99. The van der Waals surface area contributed by atoms with Gasteiger partial charge in [0, 0.05) is 23.2 Å². The van der Waals surface area contributed by atoms with Crippen molar-refractivity contribution in [2.75, 3.05) is 32.1 Å². The van der Waals surface area contributed by atoms with Gasteiger partial charge in [-0.05, 0) is 55.4 Å². The molecular weight excluding hydrogens is 346 g/mol. The fourth-order valence-corrected chi connectivity index (χ4v) is 4.16. The number of hydrogen-bond acceptors (Lipinski definition) is 4. The van der Waals surface area contributed by atoms with E-state index in [9.17, 15) is 4.79 Å². The van der Waals surface area contributed by atoms with Gasteiger partial charge in [0.25, 0.3) is 0 Å². The number of methoxy groups -OCH3 is 1. The number of amides is 2. The Kier molecular flexibility index (Phi) is 6.52. The Balaban J connectivity index is 1.59. The van der Waals surface area contributed by atoms with Gasteiger partial charge < -0.3 is 15.4 Å². The maximum absolute atomic E-state index is 12.3. The van der Waals surface area contributed by atoms with Gasteiger partial charge in [-0.1, -0.05) is 19.1 Å². The van der Waals surface area contributed by atoms with Crippen LogP contribution in [0.3, 0.4) is 0 Å². The summed E-state index contributed by atoms with van der Waals surface area (Å²) >= 11 is 1.76. The fraction of sp³-hybridized carbons (Fsp3) is 0.450. The Hall–Kier alpha value is -2.05. The minimum Gasteiger partial charge on any atom is -0.497 e. The Morgan fingerprint density at radius 2 is 2.12 bits per heavy atom. The number of benzene rings is 1. The van der Waals surface area contributed by atoms with Gasteiger partial charge >= 0.3 is 6.03 Å². The first-order valence-corrected chi connectivity index (χ1v) is 10.00. The summed E-state index contributed by atoms with van der Waals surface area (Å²) in [6, 6.07) is 11.7. The zero-order valence-electron chi connectivity index (χ0n) is 15.4. The van der Waals surface area contributed by atoms with Crippen LogP contribution >= 0.6 is 11.3 Å². The van der Waals surface area contributed by atoms with Crippen molar-refractivity contribution < 1.29 is 9.53 Å². The second-order valence-corrected chi connectivity index (χ2v) is 7.80. The lowest BCUT2D eigenvalue weighted by Gasteiger charge is -2.36. The fourth-order valence-electron chi connectivity index (χ4n) is 3.30. The van der Waals surface area contributed by atoms with Gasteiger partial charge in [-0.2, -0.15) is 0 Å². The molecule has 5 nitrogen and oxygen atoms in total. The predicted octanol–water partition coefficient (Wildman–Crippen LogP) is 4.35. The van der Waals surface area contributed by atoms with Gasteiger partial charge in [0.2, 0.25) is 0 Å². The number of nitrogens with zero attached hydrogens (tertiary/aromatic N) is 1. The minimum atomic E-state index is -0.190. The van der Waals surface area contributed by atoms with E-state index >= 15 is 0 Å². The Morgan fingerprint density at radius 1 is 1.31 bits per heavy atom. The molecule has 6 heteroatoms. The van der Waals surface area contributed by atoms with Crippen LogP contribution in [0.4, 0.5) is 10.5 Å². The highest BCUT2D eigenvalue weighted by molar-refractivity contribution is 7.10. The van der Waals surface area contributed by atoms with E-state index < -0.39 is 0 Å². The molecule has 0 saturated carbocycles. The quantitative estimate of drug-likeness (QED) is 0.791. The Bertz CT molecular complexity index is 697. The predicted molar refractivity (Wildman–Crippen MR) is 107 cm³/mol. The van der Waals surface area contributed by atoms with E-state index in [0.29, 0.717) is 6.54 Å². The molecule has 2 amide bonds. The van der Waals surface area contributed by atoms with E-state index in [4.69, 9.17) is 4.74 Å². The first-order valence-electron chi connectivity index (χ1n) is 9.12. The molecule has 2 N–H and O–H groups in total. The Labute approximate surface area is 159 Å². The van der Waals surface area contributed by atoms with Gasteiger partial charge in [0.05, 0.1) is 13.2 Å². The first kappa shape index (κ1) is 18.7. The number of anilines is 1. The third-order valence-electron chi connectivity index (χ3n) is 4.91. The minimum absolute atomic E-state index is 0.190. The molecule has 1 aromatic heterocycles. The summed E-state index contributed by atoms with van der Waals surface area (Å²) in [5.74, 6) is 1.52. The van der Waals surface area contributed by atoms with Gasteiger partial charge in [-0.3, -0.25) is 4.90 Å². The molecule has 1 unspecified atom stereocenters. The number of carbonyl (C=O) groups excluding carboxylic acids is 1. The van der Waals surface area contributed by atoms with Gasteiger partial charge in [0.1, 0.15) is 5.75 Å². The number of rotatable bonds is 6. The second-order valence-electron chi connectivity index (χ2n) is 6.82. The number of hydrogen-bond donors (Lipinski definition) is 2. The molecule has 1 aliphatic heterocycles. The van der Waals surface area contributed by atoms with E-state index in [1.165, 1.54) is 17.7 Å².